The summed E-state index contributed by atoms with van der Waals surface area (Å²) in [5.74, 6) is 0.925. The minimum Gasteiger partial charge on any atom is -0.356 e. The molecule has 2 aromatic rings. The second-order valence-electron chi connectivity index (χ2n) is 4.15. The summed E-state index contributed by atoms with van der Waals surface area (Å²) >= 11 is 0. The van der Waals surface area contributed by atoms with Gasteiger partial charge in [0.1, 0.15) is 0 Å². The highest BCUT2D eigenvalue weighted by Gasteiger charge is 2.04. The van der Waals surface area contributed by atoms with Crippen molar-refractivity contribution in [2.75, 3.05) is 13.1 Å². The largest absolute Gasteiger partial charge is 0.356 e. The molecular formula is C12H18N2. The molecule has 2 bridgehead atoms. The van der Waals surface area contributed by atoms with Crippen molar-refractivity contribution >= 4 is 11.0 Å². The van der Waals surface area contributed by atoms with Crippen LogP contribution in [0.4, 0.5) is 0 Å². The summed E-state index contributed by atoms with van der Waals surface area (Å²) in [7, 11) is 0. The normalized spacial score (nSPS) is 21.9. The van der Waals surface area contributed by atoms with Gasteiger partial charge in [0.05, 0.1) is 0 Å². The molecule has 14 heavy (non-hydrogen) atoms. The van der Waals surface area contributed by atoms with E-state index in [1.165, 1.54) is 37.0 Å². The average molecular weight is 190 g/mol. The Morgan fingerprint density at radius 2 is 1.79 bits per heavy atom. The summed E-state index contributed by atoms with van der Waals surface area (Å²) in [4.78, 5) is 3.14. The molecule has 2 heteroatoms. The molecule has 1 saturated heterocycles. The molecule has 2 aromatic heterocycles. The van der Waals surface area contributed by atoms with Crippen molar-refractivity contribution in [3.05, 3.63) is 24.3 Å². The van der Waals surface area contributed by atoms with Gasteiger partial charge in [0, 0.05) is 11.0 Å². The molecule has 3 rings (SSSR count). The zero-order chi connectivity index (χ0) is 9.80. The fourth-order valence-electron chi connectivity index (χ4n) is 1.83. The van der Waals surface area contributed by atoms with Crippen LogP contribution in [0.15, 0.2) is 24.3 Å². The van der Waals surface area contributed by atoms with Crippen molar-refractivity contribution in [2.45, 2.75) is 19.8 Å². The minimum absolute atomic E-state index is 0.925. The Morgan fingerprint density at radius 3 is 2.00 bits per heavy atom. The van der Waals surface area contributed by atoms with E-state index in [4.69, 9.17) is 0 Å². The van der Waals surface area contributed by atoms with Gasteiger partial charge in [-0.05, 0) is 56.1 Å². The quantitative estimate of drug-likeness (QED) is 0.656. The molecule has 0 saturated carbocycles. The van der Waals surface area contributed by atoms with E-state index in [0.29, 0.717) is 0 Å². The number of rotatable bonds is 0. The summed E-state index contributed by atoms with van der Waals surface area (Å²) < 4.78 is 0. The molecule has 2 N–H and O–H groups in total. The van der Waals surface area contributed by atoms with Crippen LogP contribution in [0.5, 0.6) is 0 Å². The van der Waals surface area contributed by atoms with Crippen LogP contribution >= 0.6 is 0 Å². The highest BCUT2D eigenvalue weighted by atomic mass is 14.9. The fourth-order valence-corrected chi connectivity index (χ4v) is 1.83. The van der Waals surface area contributed by atoms with Crippen molar-refractivity contribution in [3.63, 3.8) is 0 Å². The SMILES string of the molecule is CC1CCCNC1.c1cc2ccc1[nH]2. The van der Waals surface area contributed by atoms with E-state index in [2.05, 4.69) is 41.5 Å². The minimum atomic E-state index is 0.925. The molecule has 76 valence electrons. The van der Waals surface area contributed by atoms with Crippen LogP contribution in [0.25, 0.3) is 11.0 Å². The maximum Gasteiger partial charge on any atom is 0.0385 e. The van der Waals surface area contributed by atoms with Gasteiger partial charge in [-0.15, -0.1) is 0 Å². The molecule has 2 nitrogen and oxygen atoms in total. The first-order valence-electron chi connectivity index (χ1n) is 5.42. The van der Waals surface area contributed by atoms with Crippen LogP contribution < -0.4 is 5.32 Å². The van der Waals surface area contributed by atoms with Crippen LogP contribution in [0, 0.1) is 5.92 Å². The van der Waals surface area contributed by atoms with Crippen molar-refractivity contribution < 1.29 is 0 Å². The van der Waals surface area contributed by atoms with Crippen molar-refractivity contribution in [1.82, 2.24) is 10.3 Å². The van der Waals surface area contributed by atoms with Crippen molar-refractivity contribution in [3.8, 4) is 0 Å². The number of H-pyrrole nitrogens is 1. The lowest BCUT2D eigenvalue weighted by molar-refractivity contribution is 0.405. The molecule has 0 amide bonds. The summed E-state index contributed by atoms with van der Waals surface area (Å²) in [5, 5.41) is 3.33. The lowest BCUT2D eigenvalue weighted by atomic mass is 10.0. The predicted molar refractivity (Wildman–Crippen MR) is 60.8 cm³/mol. The molecule has 0 spiro atoms. The van der Waals surface area contributed by atoms with E-state index in [1.807, 2.05) is 0 Å². The number of piperidine rings is 1. The molecule has 0 aromatic carbocycles. The Morgan fingerprint density at radius 1 is 1.14 bits per heavy atom. The first-order chi connectivity index (χ1) is 6.84. The van der Waals surface area contributed by atoms with E-state index >= 15 is 0 Å². The standard InChI is InChI=1S/C6H5N.C6H13N/c1-2-6-4-3-5(1)7-6;1-6-3-2-4-7-5-6/h1-4,7H;6-7H,2-5H2,1H3. The number of nitrogens with one attached hydrogen (secondary N) is 2. The van der Waals surface area contributed by atoms with Crippen LogP contribution in [-0.4, -0.2) is 18.1 Å². The van der Waals surface area contributed by atoms with Gasteiger partial charge >= 0.3 is 0 Å². The van der Waals surface area contributed by atoms with Crippen molar-refractivity contribution in [2.24, 2.45) is 5.92 Å². The molecule has 0 radical (unpaired) electrons. The van der Waals surface area contributed by atoms with Gasteiger partial charge < -0.3 is 10.3 Å². The molecular weight excluding hydrogens is 172 g/mol. The number of fused-ring (bicyclic) bond motifs is 2. The van der Waals surface area contributed by atoms with E-state index < -0.39 is 0 Å². The van der Waals surface area contributed by atoms with Crippen LogP contribution in [-0.2, 0) is 0 Å². The summed E-state index contributed by atoms with van der Waals surface area (Å²) in [6.07, 6.45) is 2.80. The second kappa shape index (κ2) is 4.47. The molecule has 1 aliphatic rings. The topological polar surface area (TPSA) is 27.8 Å². The number of hydrogen-bond donors (Lipinski definition) is 2. The number of aromatic nitrogens is 1. The molecule has 1 aliphatic heterocycles. The zero-order valence-electron chi connectivity index (χ0n) is 8.72. The lowest BCUT2D eigenvalue weighted by Gasteiger charge is -2.17. The van der Waals surface area contributed by atoms with Gasteiger partial charge in [0.15, 0.2) is 0 Å². The van der Waals surface area contributed by atoms with E-state index in [9.17, 15) is 0 Å². The molecule has 3 heterocycles. The van der Waals surface area contributed by atoms with Gasteiger partial charge in [-0.2, -0.15) is 0 Å². The zero-order valence-corrected chi connectivity index (χ0v) is 8.72. The molecule has 0 aliphatic carbocycles. The number of aromatic amines is 1. The fraction of sp³-hybridized carbons (Fsp3) is 0.500. The molecule has 1 fully saturated rings. The Balaban J connectivity index is 0.000000107. The van der Waals surface area contributed by atoms with Crippen LogP contribution in [0.1, 0.15) is 19.8 Å². The third-order valence-corrected chi connectivity index (χ3v) is 2.72. The summed E-state index contributed by atoms with van der Waals surface area (Å²) in [5.41, 5.74) is 2.44. The second-order valence-corrected chi connectivity index (χ2v) is 4.15. The van der Waals surface area contributed by atoms with Gasteiger partial charge in [0.25, 0.3) is 0 Å². The Labute approximate surface area is 85.0 Å². The Bertz CT molecular complexity index is 302. The van der Waals surface area contributed by atoms with Crippen LogP contribution in [0.3, 0.4) is 0 Å². The Hall–Kier alpha value is -1.02. The van der Waals surface area contributed by atoms with E-state index in [-0.39, 0.29) is 0 Å². The highest BCUT2D eigenvalue weighted by Crippen LogP contribution is 2.08. The van der Waals surface area contributed by atoms with Gasteiger partial charge in [-0.3, -0.25) is 0 Å². The first kappa shape index (κ1) is 9.53. The van der Waals surface area contributed by atoms with Gasteiger partial charge in [0.2, 0.25) is 0 Å². The predicted octanol–water partition coefficient (Wildman–Crippen LogP) is 2.61. The van der Waals surface area contributed by atoms with Crippen LogP contribution in [0.2, 0.25) is 0 Å². The van der Waals surface area contributed by atoms with E-state index in [0.717, 1.165) is 5.92 Å². The molecule has 1 atom stereocenters. The van der Waals surface area contributed by atoms with Gasteiger partial charge in [-0.1, -0.05) is 6.92 Å². The number of hydrogen-bond acceptors (Lipinski definition) is 1. The Kier molecular flexibility index (Phi) is 3.04. The lowest BCUT2D eigenvalue weighted by Crippen LogP contribution is -2.27. The maximum atomic E-state index is 3.33. The average Bonchev–Trinajstić information content (AvgIpc) is 2.83. The van der Waals surface area contributed by atoms with Crippen molar-refractivity contribution in [1.29, 1.82) is 0 Å². The first-order valence-corrected chi connectivity index (χ1v) is 5.42. The van der Waals surface area contributed by atoms with E-state index in [1.54, 1.807) is 0 Å². The molecule has 1 unspecified atom stereocenters. The highest BCUT2D eigenvalue weighted by molar-refractivity contribution is 5.64. The van der Waals surface area contributed by atoms with Gasteiger partial charge in [-0.25, -0.2) is 0 Å². The smallest absolute Gasteiger partial charge is 0.0385 e. The summed E-state index contributed by atoms with van der Waals surface area (Å²) in [6.45, 7) is 4.77. The third-order valence-electron chi connectivity index (χ3n) is 2.72. The summed E-state index contributed by atoms with van der Waals surface area (Å²) in [6, 6.07) is 8.26. The number of benzene rings is 1. The third kappa shape index (κ3) is 2.48. The maximum absolute atomic E-state index is 3.33. The monoisotopic (exact) mass is 190 g/mol.